The van der Waals surface area contributed by atoms with Gasteiger partial charge in [0, 0.05) is 24.9 Å². The number of methoxy groups -OCH3 is 1. The number of rotatable bonds is 5. The highest BCUT2D eigenvalue weighted by Crippen LogP contribution is 2.35. The molecule has 3 aromatic rings. The van der Waals surface area contributed by atoms with Crippen molar-refractivity contribution in [3.8, 4) is 5.88 Å². The molecule has 0 atom stereocenters. The minimum absolute atomic E-state index is 0.396. The number of hydrogen-bond donors (Lipinski definition) is 2. The second-order valence-corrected chi connectivity index (χ2v) is 4.84. The van der Waals surface area contributed by atoms with Crippen molar-refractivity contribution in [2.45, 2.75) is 0 Å². The molecule has 0 radical (unpaired) electrons. The van der Waals surface area contributed by atoms with Crippen LogP contribution in [0.25, 0.3) is 21.7 Å². The van der Waals surface area contributed by atoms with Crippen molar-refractivity contribution < 1.29 is 9.47 Å². The molecular weight excluding hydrogens is 280 g/mol. The van der Waals surface area contributed by atoms with Crippen LogP contribution in [0.15, 0.2) is 30.3 Å². The molecule has 22 heavy (non-hydrogen) atoms. The van der Waals surface area contributed by atoms with Crippen LogP contribution in [0.2, 0.25) is 0 Å². The third-order valence-electron chi connectivity index (χ3n) is 3.46. The molecule has 2 aromatic heterocycles. The van der Waals surface area contributed by atoms with E-state index in [2.05, 4.69) is 15.3 Å². The standard InChI is InChI=1S/C16H18N4O2/c1-18-13-9-11-10-5-3-4-6-12(10)19-16(22-8-7-21-2)14(11)15(17)20-13/h3-6,9H,7-8H2,1-2H3,(H3,17,18,20). The van der Waals surface area contributed by atoms with Crippen molar-refractivity contribution in [3.63, 3.8) is 0 Å². The number of benzene rings is 1. The Morgan fingerprint density at radius 2 is 1.95 bits per heavy atom. The number of anilines is 2. The fraction of sp³-hybridized carbons (Fsp3) is 0.250. The maximum Gasteiger partial charge on any atom is 0.225 e. The van der Waals surface area contributed by atoms with Gasteiger partial charge in [0.25, 0.3) is 0 Å². The van der Waals surface area contributed by atoms with Gasteiger partial charge >= 0.3 is 0 Å². The van der Waals surface area contributed by atoms with Crippen molar-refractivity contribution >= 4 is 33.3 Å². The molecule has 3 N–H and O–H groups in total. The van der Waals surface area contributed by atoms with Crippen LogP contribution in [0.5, 0.6) is 5.88 Å². The maximum atomic E-state index is 6.13. The molecule has 0 aliphatic heterocycles. The minimum Gasteiger partial charge on any atom is -0.475 e. The summed E-state index contributed by atoms with van der Waals surface area (Å²) < 4.78 is 10.8. The van der Waals surface area contributed by atoms with Gasteiger partial charge in [0.1, 0.15) is 18.2 Å². The molecule has 0 saturated carbocycles. The molecule has 2 heterocycles. The van der Waals surface area contributed by atoms with E-state index in [1.807, 2.05) is 37.4 Å². The number of ether oxygens (including phenoxy) is 2. The summed E-state index contributed by atoms with van der Waals surface area (Å²) in [4.78, 5) is 8.90. The first-order valence-electron chi connectivity index (χ1n) is 7.03. The van der Waals surface area contributed by atoms with E-state index < -0.39 is 0 Å². The molecule has 0 aliphatic rings. The molecule has 0 unspecified atom stereocenters. The molecule has 0 saturated heterocycles. The first-order chi connectivity index (χ1) is 10.7. The number of fused-ring (bicyclic) bond motifs is 3. The number of nitrogens with two attached hydrogens (primary N) is 1. The van der Waals surface area contributed by atoms with Gasteiger partial charge in [-0.25, -0.2) is 9.97 Å². The van der Waals surface area contributed by atoms with E-state index in [4.69, 9.17) is 15.2 Å². The first-order valence-corrected chi connectivity index (χ1v) is 7.03. The Morgan fingerprint density at radius 3 is 2.73 bits per heavy atom. The summed E-state index contributed by atoms with van der Waals surface area (Å²) in [7, 11) is 3.44. The topological polar surface area (TPSA) is 82.3 Å². The minimum atomic E-state index is 0.396. The van der Waals surface area contributed by atoms with Gasteiger partial charge < -0.3 is 20.5 Å². The molecule has 6 nitrogen and oxygen atoms in total. The average Bonchev–Trinajstić information content (AvgIpc) is 2.54. The molecule has 0 aliphatic carbocycles. The van der Waals surface area contributed by atoms with E-state index in [-0.39, 0.29) is 0 Å². The summed E-state index contributed by atoms with van der Waals surface area (Å²) in [5, 5.41) is 5.74. The van der Waals surface area contributed by atoms with Gasteiger partial charge in [0.05, 0.1) is 17.5 Å². The fourth-order valence-electron chi connectivity index (χ4n) is 2.42. The molecule has 114 valence electrons. The third-order valence-corrected chi connectivity index (χ3v) is 3.46. The molecule has 3 rings (SSSR count). The van der Waals surface area contributed by atoms with Crippen LogP contribution < -0.4 is 15.8 Å². The molecule has 0 amide bonds. The summed E-state index contributed by atoms with van der Waals surface area (Å²) in [6, 6.07) is 9.85. The normalized spacial score (nSPS) is 11.0. The lowest BCUT2D eigenvalue weighted by molar-refractivity contribution is 0.145. The number of pyridine rings is 2. The van der Waals surface area contributed by atoms with Crippen LogP contribution in [-0.2, 0) is 4.74 Å². The maximum absolute atomic E-state index is 6.13. The van der Waals surface area contributed by atoms with Crippen LogP contribution >= 0.6 is 0 Å². The van der Waals surface area contributed by atoms with E-state index >= 15 is 0 Å². The molecule has 6 heteroatoms. The first kappa shape index (κ1) is 14.3. The second-order valence-electron chi connectivity index (χ2n) is 4.84. The number of aromatic nitrogens is 2. The van der Waals surface area contributed by atoms with Gasteiger partial charge in [-0.15, -0.1) is 0 Å². The van der Waals surface area contributed by atoms with Gasteiger partial charge in [0.15, 0.2) is 0 Å². The Labute approximate surface area is 128 Å². The van der Waals surface area contributed by atoms with Crippen molar-refractivity contribution in [1.82, 2.24) is 9.97 Å². The third kappa shape index (κ3) is 2.48. The van der Waals surface area contributed by atoms with Crippen LogP contribution in [0.4, 0.5) is 11.6 Å². The van der Waals surface area contributed by atoms with E-state index in [1.165, 1.54) is 0 Å². The van der Waals surface area contributed by atoms with Gasteiger partial charge in [-0.05, 0) is 12.1 Å². The summed E-state index contributed by atoms with van der Waals surface area (Å²) in [6.07, 6.45) is 0. The van der Waals surface area contributed by atoms with Crippen molar-refractivity contribution in [2.24, 2.45) is 0 Å². The molecule has 0 spiro atoms. The van der Waals surface area contributed by atoms with Crippen LogP contribution in [0.1, 0.15) is 0 Å². The predicted octanol–water partition coefficient (Wildman–Crippen LogP) is 2.43. The molecule has 0 bridgehead atoms. The van der Waals surface area contributed by atoms with Gasteiger partial charge in [-0.1, -0.05) is 18.2 Å². The molecule has 0 fully saturated rings. The Bertz CT molecular complexity index is 820. The number of nitrogens with one attached hydrogen (secondary N) is 1. The lowest BCUT2D eigenvalue weighted by Gasteiger charge is -2.13. The molecular formula is C16H18N4O2. The highest BCUT2D eigenvalue weighted by Gasteiger charge is 2.14. The predicted molar refractivity (Wildman–Crippen MR) is 88.4 cm³/mol. The summed E-state index contributed by atoms with van der Waals surface area (Å²) in [5.41, 5.74) is 6.98. The van der Waals surface area contributed by atoms with E-state index in [1.54, 1.807) is 7.11 Å². The smallest absolute Gasteiger partial charge is 0.225 e. The Morgan fingerprint density at radius 1 is 1.14 bits per heavy atom. The zero-order valence-corrected chi connectivity index (χ0v) is 12.6. The zero-order chi connectivity index (χ0) is 15.5. The van der Waals surface area contributed by atoms with E-state index in [9.17, 15) is 0 Å². The number of nitrogens with zero attached hydrogens (tertiary/aromatic N) is 2. The number of nitrogen functional groups attached to an aromatic ring is 1. The number of para-hydroxylation sites is 1. The van der Waals surface area contributed by atoms with Crippen LogP contribution in [0, 0.1) is 0 Å². The Balaban J connectivity index is 2.28. The van der Waals surface area contributed by atoms with Crippen molar-refractivity contribution in [1.29, 1.82) is 0 Å². The van der Waals surface area contributed by atoms with E-state index in [0.717, 1.165) is 21.7 Å². The quantitative estimate of drug-likeness (QED) is 0.556. The van der Waals surface area contributed by atoms with Crippen molar-refractivity contribution in [3.05, 3.63) is 30.3 Å². The van der Waals surface area contributed by atoms with Crippen LogP contribution in [-0.4, -0.2) is 37.3 Å². The summed E-state index contributed by atoms with van der Waals surface area (Å²) >= 11 is 0. The van der Waals surface area contributed by atoms with Crippen LogP contribution in [0.3, 0.4) is 0 Å². The fourth-order valence-corrected chi connectivity index (χ4v) is 2.42. The Kier molecular flexibility index (Phi) is 3.93. The zero-order valence-electron chi connectivity index (χ0n) is 12.6. The van der Waals surface area contributed by atoms with E-state index in [0.29, 0.717) is 30.7 Å². The highest BCUT2D eigenvalue weighted by molar-refractivity contribution is 6.12. The summed E-state index contributed by atoms with van der Waals surface area (Å²) in [5.74, 6) is 1.59. The highest BCUT2D eigenvalue weighted by atomic mass is 16.5. The monoisotopic (exact) mass is 298 g/mol. The lowest BCUT2D eigenvalue weighted by atomic mass is 10.1. The lowest BCUT2D eigenvalue weighted by Crippen LogP contribution is -2.07. The van der Waals surface area contributed by atoms with Gasteiger partial charge in [0.2, 0.25) is 5.88 Å². The largest absolute Gasteiger partial charge is 0.475 e. The van der Waals surface area contributed by atoms with Gasteiger partial charge in [-0.2, -0.15) is 0 Å². The second kappa shape index (κ2) is 6.03. The summed E-state index contributed by atoms with van der Waals surface area (Å²) in [6.45, 7) is 0.891. The van der Waals surface area contributed by atoms with Crippen molar-refractivity contribution in [2.75, 3.05) is 38.4 Å². The Hall–Kier alpha value is -2.60. The number of hydrogen-bond acceptors (Lipinski definition) is 6. The van der Waals surface area contributed by atoms with Gasteiger partial charge in [-0.3, -0.25) is 0 Å². The average molecular weight is 298 g/mol. The SMILES string of the molecule is CNc1cc2c(c(N)n1)c(OCCOC)nc1ccccc12. The molecule has 1 aromatic carbocycles.